The van der Waals surface area contributed by atoms with E-state index < -0.39 is 16.9 Å². The Morgan fingerprint density at radius 2 is 1.52 bits per heavy atom. The molecule has 23 heavy (non-hydrogen) atoms. The molecule has 0 aliphatic carbocycles. The molecule has 5 heteroatoms. The maximum absolute atomic E-state index is 12.5. The first-order valence-corrected chi connectivity index (χ1v) is 8.40. The Balaban J connectivity index is 5.25. The van der Waals surface area contributed by atoms with E-state index in [2.05, 4.69) is 5.32 Å². The van der Waals surface area contributed by atoms with E-state index in [1.54, 1.807) is 7.05 Å². The van der Waals surface area contributed by atoms with Crippen LogP contribution in [0.2, 0.25) is 0 Å². The van der Waals surface area contributed by atoms with Gasteiger partial charge in [0.2, 0.25) is 11.8 Å². The number of carbonyl (C=O) groups excluding carboxylic acids is 3. The molecule has 0 saturated heterocycles. The van der Waals surface area contributed by atoms with Gasteiger partial charge in [0.05, 0.1) is 0 Å². The summed E-state index contributed by atoms with van der Waals surface area (Å²) in [7, 11) is 1.60. The number of ketones is 1. The van der Waals surface area contributed by atoms with Crippen LogP contribution in [0.15, 0.2) is 0 Å². The summed E-state index contributed by atoms with van der Waals surface area (Å²) in [5.41, 5.74) is -1.13. The maximum atomic E-state index is 12.5. The molecule has 1 atom stereocenters. The normalized spacial score (nSPS) is 13.4. The molecule has 1 unspecified atom stereocenters. The molecular formula is C18H34N2O3. The Kier molecular flexibility index (Phi) is 7.95. The van der Waals surface area contributed by atoms with Crippen molar-refractivity contribution in [3.05, 3.63) is 0 Å². The smallest absolute Gasteiger partial charge is 0.243 e. The number of likely N-dealkylation sites (N-methyl/N-ethyl adjacent to an activating group) is 1. The minimum atomic E-state index is -0.759. The molecule has 0 aromatic rings. The van der Waals surface area contributed by atoms with E-state index in [1.165, 1.54) is 4.90 Å². The van der Waals surface area contributed by atoms with Gasteiger partial charge in [0.15, 0.2) is 0 Å². The lowest BCUT2D eigenvalue weighted by molar-refractivity contribution is -0.146. The first-order chi connectivity index (χ1) is 10.3. The zero-order valence-electron chi connectivity index (χ0n) is 16.1. The molecule has 0 radical (unpaired) electrons. The molecule has 0 aliphatic rings. The summed E-state index contributed by atoms with van der Waals surface area (Å²) in [5, 5.41) is 2.84. The largest absolute Gasteiger partial charge is 0.354 e. The summed E-state index contributed by atoms with van der Waals surface area (Å²) in [6.07, 6.45) is 1.89. The van der Waals surface area contributed by atoms with Gasteiger partial charge in [0, 0.05) is 30.8 Å². The number of rotatable bonds is 7. The fourth-order valence-electron chi connectivity index (χ4n) is 2.06. The Hall–Kier alpha value is -1.39. The number of Topliss-reactive ketones (excluding diaryl/α,β-unsaturated/α-hetero) is 1. The summed E-state index contributed by atoms with van der Waals surface area (Å²) < 4.78 is 0. The second-order valence-corrected chi connectivity index (χ2v) is 8.20. The summed E-state index contributed by atoms with van der Waals surface area (Å²) >= 11 is 0. The molecule has 0 aromatic heterocycles. The zero-order chi connectivity index (χ0) is 18.4. The minimum Gasteiger partial charge on any atom is -0.354 e. The fraction of sp³-hybridized carbons (Fsp3) is 0.833. The Morgan fingerprint density at radius 1 is 1.00 bits per heavy atom. The summed E-state index contributed by atoms with van der Waals surface area (Å²) in [4.78, 5) is 38.8. The van der Waals surface area contributed by atoms with Crippen LogP contribution in [0.1, 0.15) is 67.7 Å². The molecule has 0 heterocycles. The zero-order valence-corrected chi connectivity index (χ0v) is 16.1. The molecule has 0 aliphatic heterocycles. The van der Waals surface area contributed by atoms with Crippen molar-refractivity contribution in [1.82, 2.24) is 10.2 Å². The van der Waals surface area contributed by atoms with Crippen molar-refractivity contribution in [2.45, 2.75) is 73.8 Å². The molecule has 5 nitrogen and oxygen atoms in total. The fourth-order valence-corrected chi connectivity index (χ4v) is 2.06. The van der Waals surface area contributed by atoms with Crippen molar-refractivity contribution in [3.63, 3.8) is 0 Å². The monoisotopic (exact) mass is 326 g/mol. The molecule has 2 amide bonds. The summed E-state index contributed by atoms with van der Waals surface area (Å²) in [5.74, 6) is -0.423. The first-order valence-electron chi connectivity index (χ1n) is 8.40. The van der Waals surface area contributed by atoms with Crippen LogP contribution >= 0.6 is 0 Å². The van der Waals surface area contributed by atoms with E-state index in [0.29, 0.717) is 6.54 Å². The Labute approximate surface area is 141 Å². The molecular weight excluding hydrogens is 292 g/mol. The lowest BCUT2D eigenvalue weighted by Crippen LogP contribution is -2.52. The number of amides is 2. The predicted molar refractivity (Wildman–Crippen MR) is 93.0 cm³/mol. The minimum absolute atomic E-state index is 0.0262. The number of hydrogen-bond donors (Lipinski definition) is 1. The SMILES string of the molecule is CCCCNC(=O)C(CC(=O)C(C)(C)C)N(C)C(=O)C(C)(C)C. The van der Waals surface area contributed by atoms with Crippen LogP contribution in [0, 0.1) is 10.8 Å². The standard InChI is InChI=1S/C18H34N2O3/c1-9-10-11-19-15(22)13(12-14(21)17(2,3)4)20(8)16(23)18(5,6)7/h13H,9-12H2,1-8H3,(H,19,22). The average molecular weight is 326 g/mol. The molecule has 0 fully saturated rings. The Bertz CT molecular complexity index is 431. The van der Waals surface area contributed by atoms with Crippen molar-refractivity contribution in [3.8, 4) is 0 Å². The summed E-state index contributed by atoms with van der Waals surface area (Å²) in [6.45, 7) is 13.5. The second-order valence-electron chi connectivity index (χ2n) is 8.20. The van der Waals surface area contributed by atoms with Gasteiger partial charge in [0.25, 0.3) is 0 Å². The number of nitrogens with one attached hydrogen (secondary N) is 1. The molecule has 0 aromatic carbocycles. The van der Waals surface area contributed by atoms with E-state index in [-0.39, 0.29) is 24.0 Å². The van der Waals surface area contributed by atoms with Gasteiger partial charge in [-0.3, -0.25) is 14.4 Å². The first kappa shape index (κ1) is 21.6. The maximum Gasteiger partial charge on any atom is 0.243 e. The van der Waals surface area contributed by atoms with Crippen molar-refractivity contribution in [2.24, 2.45) is 10.8 Å². The molecule has 0 rings (SSSR count). The van der Waals surface area contributed by atoms with Gasteiger partial charge in [0.1, 0.15) is 11.8 Å². The summed E-state index contributed by atoms with van der Waals surface area (Å²) in [6, 6.07) is -0.759. The Morgan fingerprint density at radius 3 is 1.91 bits per heavy atom. The lowest BCUT2D eigenvalue weighted by Gasteiger charge is -2.33. The van der Waals surface area contributed by atoms with Gasteiger partial charge < -0.3 is 10.2 Å². The second kappa shape index (κ2) is 8.46. The third-order valence-corrected chi connectivity index (χ3v) is 3.78. The average Bonchev–Trinajstić information content (AvgIpc) is 2.40. The molecule has 0 spiro atoms. The van der Waals surface area contributed by atoms with E-state index >= 15 is 0 Å². The number of unbranched alkanes of at least 4 members (excludes halogenated alkanes) is 1. The lowest BCUT2D eigenvalue weighted by atomic mass is 9.86. The van der Waals surface area contributed by atoms with E-state index in [1.807, 2.05) is 48.5 Å². The van der Waals surface area contributed by atoms with E-state index in [4.69, 9.17) is 0 Å². The number of carbonyl (C=O) groups is 3. The molecule has 134 valence electrons. The van der Waals surface area contributed by atoms with Gasteiger partial charge in [-0.25, -0.2) is 0 Å². The van der Waals surface area contributed by atoms with Crippen LogP contribution in [0.3, 0.4) is 0 Å². The van der Waals surface area contributed by atoms with Crippen LogP contribution in [0.5, 0.6) is 0 Å². The van der Waals surface area contributed by atoms with E-state index in [0.717, 1.165) is 12.8 Å². The third-order valence-electron chi connectivity index (χ3n) is 3.78. The van der Waals surface area contributed by atoms with Crippen LogP contribution in [-0.2, 0) is 14.4 Å². The topological polar surface area (TPSA) is 66.5 Å². The number of hydrogen-bond acceptors (Lipinski definition) is 3. The van der Waals surface area contributed by atoms with E-state index in [9.17, 15) is 14.4 Å². The van der Waals surface area contributed by atoms with Crippen LogP contribution in [-0.4, -0.2) is 42.1 Å². The molecule has 0 saturated carbocycles. The number of nitrogens with zero attached hydrogens (tertiary/aromatic N) is 1. The highest BCUT2D eigenvalue weighted by atomic mass is 16.2. The highest BCUT2D eigenvalue weighted by Crippen LogP contribution is 2.23. The van der Waals surface area contributed by atoms with Crippen LogP contribution in [0.4, 0.5) is 0 Å². The van der Waals surface area contributed by atoms with Crippen LogP contribution < -0.4 is 5.32 Å². The predicted octanol–water partition coefficient (Wildman–Crippen LogP) is 2.78. The molecule has 1 N–H and O–H groups in total. The van der Waals surface area contributed by atoms with Gasteiger partial charge in [-0.05, 0) is 6.42 Å². The van der Waals surface area contributed by atoms with Crippen molar-refractivity contribution in [1.29, 1.82) is 0 Å². The van der Waals surface area contributed by atoms with Gasteiger partial charge in [-0.15, -0.1) is 0 Å². The van der Waals surface area contributed by atoms with Crippen molar-refractivity contribution < 1.29 is 14.4 Å². The van der Waals surface area contributed by atoms with Gasteiger partial charge in [-0.2, -0.15) is 0 Å². The molecule has 0 bridgehead atoms. The highest BCUT2D eigenvalue weighted by Gasteiger charge is 2.36. The highest BCUT2D eigenvalue weighted by molar-refractivity contribution is 5.94. The van der Waals surface area contributed by atoms with Gasteiger partial charge >= 0.3 is 0 Å². The van der Waals surface area contributed by atoms with Gasteiger partial charge in [-0.1, -0.05) is 54.9 Å². The third kappa shape index (κ3) is 7.14. The van der Waals surface area contributed by atoms with Crippen molar-refractivity contribution in [2.75, 3.05) is 13.6 Å². The van der Waals surface area contributed by atoms with Crippen LogP contribution in [0.25, 0.3) is 0 Å². The van der Waals surface area contributed by atoms with Crippen molar-refractivity contribution >= 4 is 17.6 Å². The quantitative estimate of drug-likeness (QED) is 0.732.